The van der Waals surface area contributed by atoms with Gasteiger partial charge in [-0.1, -0.05) is 44.2 Å². The van der Waals surface area contributed by atoms with Gasteiger partial charge < -0.3 is 34.3 Å². The van der Waals surface area contributed by atoms with Gasteiger partial charge in [-0.25, -0.2) is 8.42 Å². The summed E-state index contributed by atoms with van der Waals surface area (Å²) < 4.78 is 50.8. The average molecular weight is 675 g/mol. The summed E-state index contributed by atoms with van der Waals surface area (Å²) in [5.74, 6) is 0.316. The second kappa shape index (κ2) is 16.2. The molecule has 47 heavy (non-hydrogen) atoms. The van der Waals surface area contributed by atoms with Crippen molar-refractivity contribution in [3.8, 4) is 11.5 Å². The van der Waals surface area contributed by atoms with Crippen molar-refractivity contribution in [1.82, 2.24) is 19.4 Å². The van der Waals surface area contributed by atoms with E-state index in [2.05, 4.69) is 5.32 Å². The number of benzene rings is 2. The Morgan fingerprint density at radius 2 is 1.72 bits per heavy atom. The number of carbonyl (C=O) groups excluding carboxylic acids is 2. The molecule has 0 bridgehead atoms. The van der Waals surface area contributed by atoms with E-state index in [0.29, 0.717) is 57.4 Å². The lowest BCUT2D eigenvalue weighted by atomic mass is 10.0. The van der Waals surface area contributed by atoms with Gasteiger partial charge in [-0.15, -0.1) is 0 Å². The molecule has 5 rings (SSSR count). The third-order valence-corrected chi connectivity index (χ3v) is 10.3. The molecule has 0 aromatic heterocycles. The van der Waals surface area contributed by atoms with Gasteiger partial charge in [-0.3, -0.25) is 14.5 Å². The summed E-state index contributed by atoms with van der Waals surface area (Å²) in [6.07, 6.45) is -0.284. The SMILES string of the molecule is CC(C)CN(C[C@@H](O)[C@H](Cc1ccccc1)NC(=O)CN(CC(=O)N1CCOCC1)[C@H]1CCOC1)S(=O)(=O)c1ccc2c(c1)OCO2. The van der Waals surface area contributed by atoms with Gasteiger partial charge in [-0.05, 0) is 36.5 Å². The van der Waals surface area contributed by atoms with E-state index in [1.54, 1.807) is 11.0 Å². The number of hydrogen-bond acceptors (Lipinski definition) is 10. The van der Waals surface area contributed by atoms with Crippen LogP contribution in [0, 0.1) is 5.92 Å². The van der Waals surface area contributed by atoms with Gasteiger partial charge in [0.2, 0.25) is 28.6 Å². The van der Waals surface area contributed by atoms with E-state index < -0.39 is 22.2 Å². The Kier molecular flexibility index (Phi) is 12.1. The van der Waals surface area contributed by atoms with Crippen LogP contribution < -0.4 is 14.8 Å². The molecule has 13 nitrogen and oxygen atoms in total. The molecule has 3 heterocycles. The molecular weight excluding hydrogens is 628 g/mol. The third-order valence-electron chi connectivity index (χ3n) is 8.52. The van der Waals surface area contributed by atoms with E-state index >= 15 is 0 Å². The van der Waals surface area contributed by atoms with Crippen molar-refractivity contribution in [2.45, 2.75) is 49.8 Å². The highest BCUT2D eigenvalue weighted by atomic mass is 32.2. The van der Waals surface area contributed by atoms with Crippen LogP contribution in [-0.2, 0) is 35.5 Å². The number of sulfonamides is 1. The molecule has 0 saturated carbocycles. The van der Waals surface area contributed by atoms with E-state index in [4.69, 9.17) is 18.9 Å². The molecule has 0 unspecified atom stereocenters. The zero-order valence-electron chi connectivity index (χ0n) is 27.1. The Bertz CT molecular complexity index is 1450. The zero-order valence-corrected chi connectivity index (χ0v) is 27.9. The highest BCUT2D eigenvalue weighted by molar-refractivity contribution is 7.89. The zero-order chi connectivity index (χ0) is 33.4. The molecule has 0 radical (unpaired) electrons. The highest BCUT2D eigenvalue weighted by Gasteiger charge is 2.34. The Morgan fingerprint density at radius 1 is 0.979 bits per heavy atom. The molecule has 2 N–H and O–H groups in total. The molecule has 3 aliphatic rings. The van der Waals surface area contributed by atoms with E-state index in [1.807, 2.05) is 49.1 Å². The van der Waals surface area contributed by atoms with Gasteiger partial charge in [0.15, 0.2) is 11.5 Å². The summed E-state index contributed by atoms with van der Waals surface area (Å²) in [4.78, 5) is 30.4. The topological polar surface area (TPSA) is 147 Å². The van der Waals surface area contributed by atoms with Crippen molar-refractivity contribution in [3.05, 3.63) is 54.1 Å². The van der Waals surface area contributed by atoms with E-state index in [9.17, 15) is 23.1 Å². The molecule has 3 aliphatic heterocycles. The van der Waals surface area contributed by atoms with Crippen LogP contribution in [0.25, 0.3) is 0 Å². The van der Waals surface area contributed by atoms with Crippen molar-refractivity contribution in [2.75, 3.05) is 72.5 Å². The Labute approximate surface area is 276 Å². The van der Waals surface area contributed by atoms with Gasteiger partial charge >= 0.3 is 0 Å². The molecule has 2 saturated heterocycles. The molecule has 0 spiro atoms. The van der Waals surface area contributed by atoms with Crippen molar-refractivity contribution in [3.63, 3.8) is 0 Å². The predicted octanol–water partition coefficient (Wildman–Crippen LogP) is 1.10. The van der Waals surface area contributed by atoms with E-state index in [1.165, 1.54) is 16.4 Å². The Balaban J connectivity index is 1.32. The number of rotatable bonds is 15. The number of fused-ring (bicyclic) bond motifs is 1. The van der Waals surface area contributed by atoms with Gasteiger partial charge in [0.25, 0.3) is 0 Å². The summed E-state index contributed by atoms with van der Waals surface area (Å²) in [5.41, 5.74) is 0.870. The number of aliphatic hydroxyl groups is 1. The van der Waals surface area contributed by atoms with Crippen LogP contribution in [-0.4, -0.2) is 130 Å². The number of hydrogen-bond donors (Lipinski definition) is 2. The minimum absolute atomic E-state index is 0.0146. The highest BCUT2D eigenvalue weighted by Crippen LogP contribution is 2.35. The largest absolute Gasteiger partial charge is 0.454 e. The maximum absolute atomic E-state index is 13.9. The van der Waals surface area contributed by atoms with Gasteiger partial charge in [0.05, 0.1) is 50.0 Å². The number of nitrogens with zero attached hydrogens (tertiary/aromatic N) is 3. The number of nitrogens with one attached hydrogen (secondary N) is 1. The molecule has 0 aliphatic carbocycles. The molecule has 14 heteroatoms. The number of amides is 2. The molecule has 3 atom stereocenters. The van der Waals surface area contributed by atoms with Crippen molar-refractivity contribution in [2.24, 2.45) is 5.92 Å². The standard InChI is InChI=1S/C33H46N4O9S/c1-24(2)18-37(47(41,42)27-8-9-30-31(17-27)46-23-45-30)19-29(38)28(16-25-6-4-3-5-7-25)34-32(39)20-36(26-10-13-44-22-26)21-33(40)35-11-14-43-15-12-35/h3-9,17,24,26,28-29,38H,10-16,18-23H2,1-2H3,(H,34,39)/t26-,28-,29+/m0/s1. The normalized spacial score (nSPS) is 19.4. The van der Waals surface area contributed by atoms with Crippen LogP contribution in [0.5, 0.6) is 11.5 Å². The second-order valence-electron chi connectivity index (χ2n) is 12.6. The van der Waals surface area contributed by atoms with Crippen LogP contribution in [0.15, 0.2) is 53.4 Å². The van der Waals surface area contributed by atoms with E-state index in [-0.39, 0.29) is 68.1 Å². The minimum atomic E-state index is -4.05. The summed E-state index contributed by atoms with van der Waals surface area (Å²) in [7, 11) is -4.05. The first kappa shape index (κ1) is 35.0. The van der Waals surface area contributed by atoms with Crippen LogP contribution in [0.3, 0.4) is 0 Å². The van der Waals surface area contributed by atoms with Crippen molar-refractivity contribution in [1.29, 1.82) is 0 Å². The van der Waals surface area contributed by atoms with Crippen LogP contribution in [0.1, 0.15) is 25.8 Å². The Morgan fingerprint density at radius 3 is 2.43 bits per heavy atom. The lowest BCUT2D eigenvalue weighted by Gasteiger charge is -2.33. The smallest absolute Gasteiger partial charge is 0.243 e. The third kappa shape index (κ3) is 9.42. The van der Waals surface area contributed by atoms with Crippen molar-refractivity contribution < 1.29 is 42.1 Å². The minimum Gasteiger partial charge on any atom is -0.454 e. The molecule has 2 fully saturated rings. The number of aliphatic hydroxyl groups excluding tert-OH is 1. The maximum atomic E-state index is 13.9. The predicted molar refractivity (Wildman–Crippen MR) is 172 cm³/mol. The first-order chi connectivity index (χ1) is 22.6. The van der Waals surface area contributed by atoms with Gasteiger partial charge in [-0.2, -0.15) is 4.31 Å². The molecule has 2 aromatic rings. The number of ether oxygens (including phenoxy) is 4. The lowest BCUT2D eigenvalue weighted by Crippen LogP contribution is -2.55. The monoisotopic (exact) mass is 674 g/mol. The maximum Gasteiger partial charge on any atom is 0.243 e. The fraction of sp³-hybridized carbons (Fsp3) is 0.576. The van der Waals surface area contributed by atoms with E-state index in [0.717, 1.165) is 5.56 Å². The molecule has 2 aromatic carbocycles. The fourth-order valence-electron chi connectivity index (χ4n) is 6.00. The lowest BCUT2D eigenvalue weighted by molar-refractivity contribution is -0.137. The van der Waals surface area contributed by atoms with Crippen molar-refractivity contribution >= 4 is 21.8 Å². The van der Waals surface area contributed by atoms with Crippen LogP contribution in [0.4, 0.5) is 0 Å². The number of morpholine rings is 1. The average Bonchev–Trinajstić information content (AvgIpc) is 3.77. The first-order valence-corrected chi connectivity index (χ1v) is 17.6. The molecule has 2 amide bonds. The van der Waals surface area contributed by atoms with Crippen LogP contribution >= 0.6 is 0 Å². The summed E-state index contributed by atoms with van der Waals surface area (Å²) >= 11 is 0. The summed E-state index contributed by atoms with van der Waals surface area (Å²) in [6, 6.07) is 12.9. The van der Waals surface area contributed by atoms with Crippen LogP contribution in [0.2, 0.25) is 0 Å². The fourth-order valence-corrected chi connectivity index (χ4v) is 7.64. The number of carbonyl (C=O) groups is 2. The Hall–Kier alpha value is -3.27. The van der Waals surface area contributed by atoms with Gasteiger partial charge in [0.1, 0.15) is 0 Å². The quantitative estimate of drug-likeness (QED) is 0.282. The summed E-state index contributed by atoms with van der Waals surface area (Å²) in [6.45, 7) is 6.65. The second-order valence-corrected chi connectivity index (χ2v) is 14.5. The molecule has 258 valence electrons. The molecular formula is C33H46N4O9S. The summed E-state index contributed by atoms with van der Waals surface area (Å²) in [5, 5.41) is 14.6. The van der Waals surface area contributed by atoms with Gasteiger partial charge in [0, 0.05) is 44.9 Å². The first-order valence-electron chi connectivity index (χ1n) is 16.2.